The summed E-state index contributed by atoms with van der Waals surface area (Å²) in [5, 5.41) is 11.7. The van der Waals surface area contributed by atoms with E-state index in [-0.39, 0.29) is 30.8 Å². The van der Waals surface area contributed by atoms with Crippen molar-refractivity contribution >= 4 is 40.7 Å². The molecule has 0 unspecified atom stereocenters. The number of para-hydroxylation sites is 1. The number of benzene rings is 3. The molecule has 3 amide bonds. The van der Waals surface area contributed by atoms with Gasteiger partial charge in [0.15, 0.2) is 0 Å². The first kappa shape index (κ1) is 23.8. The van der Waals surface area contributed by atoms with Gasteiger partial charge in [-0.15, -0.1) is 0 Å². The Morgan fingerprint density at radius 1 is 0.758 bits per heavy atom. The summed E-state index contributed by atoms with van der Waals surface area (Å²) in [6, 6.07) is 21.7. The number of halogens is 1. The molecule has 0 bridgehead atoms. The summed E-state index contributed by atoms with van der Waals surface area (Å²) in [6.07, 6.45) is 0. The van der Waals surface area contributed by atoms with Crippen molar-refractivity contribution in [3.8, 4) is 0 Å². The lowest BCUT2D eigenvalue weighted by Crippen LogP contribution is -2.36. The Balaban J connectivity index is 1.48. The fraction of sp³-hybridized carbons (Fsp3) is 0.160. The first-order valence-electron chi connectivity index (χ1n) is 10.4. The summed E-state index contributed by atoms with van der Waals surface area (Å²) >= 11 is 6.05. The van der Waals surface area contributed by atoms with Gasteiger partial charge in [0.25, 0.3) is 5.91 Å². The highest BCUT2D eigenvalue weighted by Gasteiger charge is 2.13. The molecule has 0 aromatic heterocycles. The Labute approximate surface area is 197 Å². The predicted molar refractivity (Wildman–Crippen MR) is 130 cm³/mol. The predicted octanol–water partition coefficient (Wildman–Crippen LogP) is 3.75. The van der Waals surface area contributed by atoms with E-state index in [1.807, 2.05) is 30.3 Å². The summed E-state index contributed by atoms with van der Waals surface area (Å²) in [4.78, 5) is 37.0. The standard InChI is InChI=1S/C25H25ClN4O3/c1-17-20(26)11-7-13-21(17)30-24(32)16-28-23(31)15-27-22-12-6-5-10-19(22)25(33)29-14-18-8-3-2-4-9-18/h2-13,27H,14-16H2,1H3,(H,28,31)(H,29,33)(H,30,32). The first-order valence-corrected chi connectivity index (χ1v) is 10.8. The smallest absolute Gasteiger partial charge is 0.253 e. The van der Waals surface area contributed by atoms with Gasteiger partial charge in [0, 0.05) is 22.9 Å². The van der Waals surface area contributed by atoms with Crippen molar-refractivity contribution in [2.75, 3.05) is 23.7 Å². The third kappa shape index (κ3) is 7.08. The molecule has 0 saturated carbocycles. The molecule has 0 aliphatic rings. The van der Waals surface area contributed by atoms with Crippen LogP contribution < -0.4 is 21.3 Å². The fourth-order valence-corrected chi connectivity index (χ4v) is 3.24. The number of carbonyl (C=O) groups excluding carboxylic acids is 3. The molecule has 3 rings (SSSR count). The van der Waals surface area contributed by atoms with E-state index in [4.69, 9.17) is 11.6 Å². The lowest BCUT2D eigenvalue weighted by atomic mass is 10.1. The molecular weight excluding hydrogens is 440 g/mol. The Morgan fingerprint density at radius 2 is 1.45 bits per heavy atom. The van der Waals surface area contributed by atoms with Crippen LogP contribution in [0.2, 0.25) is 5.02 Å². The van der Waals surface area contributed by atoms with Crippen LogP contribution in [-0.4, -0.2) is 30.8 Å². The highest BCUT2D eigenvalue weighted by molar-refractivity contribution is 6.31. The average Bonchev–Trinajstić information content (AvgIpc) is 2.83. The van der Waals surface area contributed by atoms with Gasteiger partial charge in [0.1, 0.15) is 0 Å². The molecular formula is C25H25ClN4O3. The minimum absolute atomic E-state index is 0.0908. The van der Waals surface area contributed by atoms with Crippen molar-refractivity contribution in [3.63, 3.8) is 0 Å². The molecule has 3 aromatic rings. The van der Waals surface area contributed by atoms with E-state index in [0.29, 0.717) is 28.5 Å². The Morgan fingerprint density at radius 3 is 2.24 bits per heavy atom. The van der Waals surface area contributed by atoms with Gasteiger partial charge in [-0.1, -0.05) is 60.1 Å². The highest BCUT2D eigenvalue weighted by Crippen LogP contribution is 2.22. The maximum absolute atomic E-state index is 12.6. The minimum atomic E-state index is -0.382. The SMILES string of the molecule is Cc1c(Cl)cccc1NC(=O)CNC(=O)CNc1ccccc1C(=O)NCc1ccccc1. The van der Waals surface area contributed by atoms with Gasteiger partial charge in [-0.3, -0.25) is 14.4 Å². The highest BCUT2D eigenvalue weighted by atomic mass is 35.5. The Bertz CT molecular complexity index is 1140. The summed E-state index contributed by atoms with van der Waals surface area (Å²) in [5.41, 5.74) is 3.28. The molecule has 3 aromatic carbocycles. The van der Waals surface area contributed by atoms with Crippen molar-refractivity contribution < 1.29 is 14.4 Å². The zero-order valence-corrected chi connectivity index (χ0v) is 18.9. The second-order valence-corrected chi connectivity index (χ2v) is 7.71. The molecule has 0 radical (unpaired) electrons. The van der Waals surface area contributed by atoms with Gasteiger partial charge < -0.3 is 21.3 Å². The monoisotopic (exact) mass is 464 g/mol. The van der Waals surface area contributed by atoms with Gasteiger partial charge in [-0.25, -0.2) is 0 Å². The van der Waals surface area contributed by atoms with E-state index in [1.54, 1.807) is 49.4 Å². The van der Waals surface area contributed by atoms with Crippen molar-refractivity contribution in [1.82, 2.24) is 10.6 Å². The summed E-state index contributed by atoms with van der Waals surface area (Å²) in [6.45, 7) is 1.92. The third-order valence-electron chi connectivity index (χ3n) is 4.89. The largest absolute Gasteiger partial charge is 0.376 e. The summed E-state index contributed by atoms with van der Waals surface area (Å²) in [5.74, 6) is -1.000. The number of hydrogen-bond acceptors (Lipinski definition) is 4. The van der Waals surface area contributed by atoms with Crippen LogP contribution in [0.1, 0.15) is 21.5 Å². The van der Waals surface area contributed by atoms with Gasteiger partial charge in [0.2, 0.25) is 11.8 Å². The van der Waals surface area contributed by atoms with E-state index in [0.717, 1.165) is 11.1 Å². The van der Waals surface area contributed by atoms with Crippen molar-refractivity contribution in [3.05, 3.63) is 94.5 Å². The molecule has 0 aliphatic heterocycles. The van der Waals surface area contributed by atoms with E-state index in [9.17, 15) is 14.4 Å². The van der Waals surface area contributed by atoms with Crippen LogP contribution in [0.5, 0.6) is 0 Å². The van der Waals surface area contributed by atoms with Crippen LogP contribution in [0.3, 0.4) is 0 Å². The zero-order valence-electron chi connectivity index (χ0n) is 18.2. The average molecular weight is 465 g/mol. The van der Waals surface area contributed by atoms with Crippen LogP contribution in [0.25, 0.3) is 0 Å². The van der Waals surface area contributed by atoms with Crippen molar-refractivity contribution in [2.24, 2.45) is 0 Å². The second kappa shape index (κ2) is 11.7. The van der Waals surface area contributed by atoms with Gasteiger partial charge >= 0.3 is 0 Å². The maximum atomic E-state index is 12.6. The number of carbonyl (C=O) groups is 3. The lowest BCUT2D eigenvalue weighted by Gasteiger charge is -2.13. The van der Waals surface area contributed by atoms with Gasteiger partial charge in [-0.2, -0.15) is 0 Å². The number of amides is 3. The zero-order chi connectivity index (χ0) is 23.6. The van der Waals surface area contributed by atoms with Crippen molar-refractivity contribution in [2.45, 2.75) is 13.5 Å². The van der Waals surface area contributed by atoms with Gasteiger partial charge in [-0.05, 0) is 42.3 Å². The molecule has 7 nitrogen and oxygen atoms in total. The van der Waals surface area contributed by atoms with Crippen LogP contribution in [0, 0.1) is 6.92 Å². The van der Waals surface area contributed by atoms with E-state index in [2.05, 4.69) is 21.3 Å². The van der Waals surface area contributed by atoms with Crippen LogP contribution in [-0.2, 0) is 16.1 Å². The van der Waals surface area contributed by atoms with E-state index >= 15 is 0 Å². The third-order valence-corrected chi connectivity index (χ3v) is 5.30. The van der Waals surface area contributed by atoms with Crippen LogP contribution >= 0.6 is 11.6 Å². The molecule has 33 heavy (non-hydrogen) atoms. The molecule has 0 atom stereocenters. The number of hydrogen-bond donors (Lipinski definition) is 4. The number of rotatable bonds is 9. The summed E-state index contributed by atoms with van der Waals surface area (Å²) in [7, 11) is 0. The molecule has 0 aliphatic carbocycles. The van der Waals surface area contributed by atoms with Crippen molar-refractivity contribution in [1.29, 1.82) is 0 Å². The van der Waals surface area contributed by atoms with Crippen LogP contribution in [0.15, 0.2) is 72.8 Å². The normalized spacial score (nSPS) is 10.2. The number of anilines is 2. The molecule has 0 fully saturated rings. The molecule has 0 spiro atoms. The van der Waals surface area contributed by atoms with E-state index in [1.165, 1.54) is 0 Å². The molecule has 0 heterocycles. The maximum Gasteiger partial charge on any atom is 0.253 e. The van der Waals surface area contributed by atoms with Crippen LogP contribution in [0.4, 0.5) is 11.4 Å². The molecule has 170 valence electrons. The summed E-state index contributed by atoms with van der Waals surface area (Å²) < 4.78 is 0. The molecule has 0 saturated heterocycles. The topological polar surface area (TPSA) is 99.3 Å². The minimum Gasteiger partial charge on any atom is -0.376 e. The number of nitrogens with one attached hydrogen (secondary N) is 4. The Kier molecular flexibility index (Phi) is 8.43. The fourth-order valence-electron chi connectivity index (χ4n) is 3.06. The Hall–Kier alpha value is -3.84. The second-order valence-electron chi connectivity index (χ2n) is 7.30. The van der Waals surface area contributed by atoms with E-state index < -0.39 is 0 Å². The first-order chi connectivity index (χ1) is 15.9. The van der Waals surface area contributed by atoms with Gasteiger partial charge in [0.05, 0.1) is 18.7 Å². The molecule has 4 N–H and O–H groups in total. The molecule has 8 heteroatoms. The quantitative estimate of drug-likeness (QED) is 0.387. The lowest BCUT2D eigenvalue weighted by molar-refractivity contribution is -0.122.